The van der Waals surface area contributed by atoms with Gasteiger partial charge in [-0.25, -0.2) is 0 Å². The van der Waals surface area contributed by atoms with Crippen LogP contribution >= 0.6 is 7.92 Å². The van der Waals surface area contributed by atoms with Gasteiger partial charge in [-0.1, -0.05) is 67.6 Å². The van der Waals surface area contributed by atoms with Crippen molar-refractivity contribution in [3.05, 3.63) is 60.7 Å². The van der Waals surface area contributed by atoms with Crippen LogP contribution in [0.15, 0.2) is 60.7 Å². The third-order valence-electron chi connectivity index (χ3n) is 2.45. The van der Waals surface area contributed by atoms with E-state index in [1.807, 2.05) is 0 Å². The van der Waals surface area contributed by atoms with Crippen LogP contribution < -0.4 is 16.8 Å². The minimum atomic E-state index is -0.149. The van der Waals surface area contributed by atoms with Gasteiger partial charge in [0.05, 0.1) is 0 Å². The summed E-state index contributed by atoms with van der Waals surface area (Å²) in [4.78, 5) is 0. The van der Waals surface area contributed by atoms with Gasteiger partial charge in [-0.3, -0.25) is 0 Å². The molecule has 0 heterocycles. The van der Waals surface area contributed by atoms with Crippen molar-refractivity contribution in [1.82, 2.24) is 6.15 Å². The molecular formula is C14H18NP. The summed E-state index contributed by atoms with van der Waals surface area (Å²) < 4.78 is 0. The van der Waals surface area contributed by atoms with Crippen molar-refractivity contribution in [1.29, 1.82) is 0 Å². The van der Waals surface area contributed by atoms with E-state index in [9.17, 15) is 0 Å². The topological polar surface area (TPSA) is 35.0 Å². The minimum Gasteiger partial charge on any atom is -0.344 e. The normalized spacial score (nSPS) is 9.88. The predicted molar refractivity (Wildman–Crippen MR) is 74.6 cm³/mol. The Morgan fingerprint density at radius 3 is 1.44 bits per heavy atom. The van der Waals surface area contributed by atoms with Crippen LogP contribution in [-0.2, 0) is 0 Å². The Hall–Kier alpha value is -1.17. The van der Waals surface area contributed by atoms with Gasteiger partial charge in [0.1, 0.15) is 0 Å². The molecule has 2 aromatic rings. The van der Waals surface area contributed by atoms with Crippen molar-refractivity contribution < 1.29 is 0 Å². The second kappa shape index (κ2) is 6.42. The molecule has 0 amide bonds. The molecule has 0 fully saturated rings. The molecule has 2 heteroatoms. The standard InChI is InChI=1S/C14H15P.H3N/c1-2-15(13-9-5-3-6-10-13)14-11-7-4-8-12-14;/h3-12H,2H2,1H3;1H3. The highest BCUT2D eigenvalue weighted by molar-refractivity contribution is 7.72. The Balaban J connectivity index is 0.00000128. The Bertz CT molecular complexity index is 360. The van der Waals surface area contributed by atoms with E-state index in [-0.39, 0.29) is 14.1 Å². The molecule has 84 valence electrons. The van der Waals surface area contributed by atoms with E-state index < -0.39 is 0 Å². The maximum absolute atomic E-state index is 2.27. The van der Waals surface area contributed by atoms with Crippen molar-refractivity contribution in [3.63, 3.8) is 0 Å². The molecule has 0 aliphatic rings. The first-order valence-corrected chi connectivity index (χ1v) is 6.82. The lowest BCUT2D eigenvalue weighted by atomic mass is 10.4. The highest BCUT2D eigenvalue weighted by atomic mass is 31.1. The van der Waals surface area contributed by atoms with Gasteiger partial charge in [-0.15, -0.1) is 0 Å². The Labute approximate surface area is 98.9 Å². The Morgan fingerprint density at radius 2 is 1.12 bits per heavy atom. The number of hydrogen-bond acceptors (Lipinski definition) is 1. The molecule has 0 aliphatic heterocycles. The summed E-state index contributed by atoms with van der Waals surface area (Å²) in [6.45, 7) is 2.27. The summed E-state index contributed by atoms with van der Waals surface area (Å²) in [7, 11) is -0.149. The zero-order valence-corrected chi connectivity index (χ0v) is 10.5. The molecule has 2 aromatic carbocycles. The smallest absolute Gasteiger partial charge is 0.0195 e. The molecule has 0 saturated carbocycles. The molecular weight excluding hydrogens is 213 g/mol. The van der Waals surface area contributed by atoms with E-state index in [0.717, 1.165) is 0 Å². The summed E-state index contributed by atoms with van der Waals surface area (Å²) in [6, 6.07) is 21.6. The SMILES string of the molecule is CCP(c1ccccc1)c1ccccc1.N. The van der Waals surface area contributed by atoms with Crippen LogP contribution in [0.4, 0.5) is 0 Å². The maximum atomic E-state index is 2.27. The van der Waals surface area contributed by atoms with Gasteiger partial charge in [0.2, 0.25) is 0 Å². The molecule has 0 saturated heterocycles. The lowest BCUT2D eigenvalue weighted by Gasteiger charge is -2.16. The highest BCUT2D eigenvalue weighted by Crippen LogP contribution is 2.32. The van der Waals surface area contributed by atoms with Crippen LogP contribution in [0.5, 0.6) is 0 Å². The van der Waals surface area contributed by atoms with E-state index in [1.54, 1.807) is 0 Å². The summed E-state index contributed by atoms with van der Waals surface area (Å²) in [5.74, 6) is 0. The maximum Gasteiger partial charge on any atom is -0.0195 e. The lowest BCUT2D eigenvalue weighted by molar-refractivity contribution is 1.51. The minimum absolute atomic E-state index is 0. The van der Waals surface area contributed by atoms with Gasteiger partial charge in [0.15, 0.2) is 0 Å². The summed E-state index contributed by atoms with van der Waals surface area (Å²) >= 11 is 0. The quantitative estimate of drug-likeness (QED) is 0.808. The average Bonchev–Trinajstić information content (AvgIpc) is 2.33. The van der Waals surface area contributed by atoms with Crippen molar-refractivity contribution >= 4 is 18.5 Å². The summed E-state index contributed by atoms with van der Waals surface area (Å²) in [6.07, 6.45) is 1.21. The number of benzene rings is 2. The van der Waals surface area contributed by atoms with Crippen LogP contribution in [0.3, 0.4) is 0 Å². The summed E-state index contributed by atoms with van der Waals surface area (Å²) in [5.41, 5.74) is 0. The zero-order valence-electron chi connectivity index (χ0n) is 9.63. The van der Waals surface area contributed by atoms with Crippen molar-refractivity contribution in [2.45, 2.75) is 6.92 Å². The van der Waals surface area contributed by atoms with Gasteiger partial charge in [-0.05, 0) is 24.7 Å². The van der Waals surface area contributed by atoms with E-state index >= 15 is 0 Å². The molecule has 0 aliphatic carbocycles. The van der Waals surface area contributed by atoms with Crippen molar-refractivity contribution in [2.75, 3.05) is 6.16 Å². The first kappa shape index (κ1) is 12.9. The average molecular weight is 231 g/mol. The van der Waals surface area contributed by atoms with E-state index in [0.29, 0.717) is 0 Å². The molecule has 3 N–H and O–H groups in total. The number of rotatable bonds is 3. The van der Waals surface area contributed by atoms with Crippen LogP contribution in [0.25, 0.3) is 0 Å². The monoisotopic (exact) mass is 231 g/mol. The van der Waals surface area contributed by atoms with Gasteiger partial charge < -0.3 is 6.15 Å². The van der Waals surface area contributed by atoms with Crippen LogP contribution in [-0.4, -0.2) is 6.16 Å². The van der Waals surface area contributed by atoms with E-state index in [2.05, 4.69) is 67.6 Å². The molecule has 0 spiro atoms. The van der Waals surface area contributed by atoms with Gasteiger partial charge in [-0.2, -0.15) is 0 Å². The van der Waals surface area contributed by atoms with Gasteiger partial charge in [0, 0.05) is 0 Å². The van der Waals surface area contributed by atoms with Crippen molar-refractivity contribution in [3.8, 4) is 0 Å². The fraction of sp³-hybridized carbons (Fsp3) is 0.143. The molecule has 0 bridgehead atoms. The third-order valence-corrected chi connectivity index (χ3v) is 4.93. The zero-order chi connectivity index (χ0) is 10.5. The Morgan fingerprint density at radius 1 is 0.750 bits per heavy atom. The van der Waals surface area contributed by atoms with E-state index in [4.69, 9.17) is 0 Å². The molecule has 16 heavy (non-hydrogen) atoms. The molecule has 0 radical (unpaired) electrons. The Kier molecular flexibility index (Phi) is 5.18. The first-order chi connectivity index (χ1) is 7.42. The van der Waals surface area contributed by atoms with Crippen LogP contribution in [0.2, 0.25) is 0 Å². The van der Waals surface area contributed by atoms with Crippen LogP contribution in [0.1, 0.15) is 6.92 Å². The largest absolute Gasteiger partial charge is 0.344 e. The fourth-order valence-corrected chi connectivity index (χ4v) is 3.82. The second-order valence-electron chi connectivity index (χ2n) is 3.42. The predicted octanol–water partition coefficient (Wildman–Crippen LogP) is 3.30. The summed E-state index contributed by atoms with van der Waals surface area (Å²) in [5, 5.41) is 2.95. The highest BCUT2D eigenvalue weighted by Gasteiger charge is 2.09. The third kappa shape index (κ3) is 2.91. The van der Waals surface area contributed by atoms with Gasteiger partial charge >= 0.3 is 0 Å². The first-order valence-electron chi connectivity index (χ1n) is 5.29. The molecule has 0 aromatic heterocycles. The lowest BCUT2D eigenvalue weighted by Crippen LogP contribution is -2.12. The molecule has 2 rings (SSSR count). The van der Waals surface area contributed by atoms with Crippen molar-refractivity contribution in [2.24, 2.45) is 0 Å². The van der Waals surface area contributed by atoms with Crippen LogP contribution in [0, 0.1) is 0 Å². The fourth-order valence-electron chi connectivity index (χ4n) is 1.73. The van der Waals surface area contributed by atoms with E-state index in [1.165, 1.54) is 16.8 Å². The molecule has 0 atom stereocenters. The molecule has 1 nitrogen and oxygen atoms in total. The number of hydrogen-bond donors (Lipinski definition) is 1. The second-order valence-corrected chi connectivity index (χ2v) is 5.94. The molecule has 0 unspecified atom stereocenters. The van der Waals surface area contributed by atoms with Gasteiger partial charge in [0.25, 0.3) is 0 Å².